The smallest absolute Gasteiger partial charge is 0.811 e. The van der Waals surface area contributed by atoms with E-state index in [2.05, 4.69) is 0 Å². The summed E-state index contributed by atoms with van der Waals surface area (Å²) in [5.74, 6) is 0. The van der Waals surface area contributed by atoms with Crippen molar-refractivity contribution in [1.82, 2.24) is 0 Å². The van der Waals surface area contributed by atoms with Gasteiger partial charge in [-0.05, 0) is 0 Å². The van der Waals surface area contributed by atoms with Gasteiger partial charge < -0.3 is 26.5 Å². The molecule has 0 spiro atoms. The number of carbonyl (C=O) groups is 1. The van der Waals surface area contributed by atoms with E-state index in [1.165, 1.54) is 0 Å². The molecule has 0 saturated carbocycles. The van der Waals surface area contributed by atoms with Crippen molar-refractivity contribution < 1.29 is 78.1 Å². The Hall–Kier alpha value is 1.74. The largest absolute Gasteiger partial charge is 1.00 e. The summed E-state index contributed by atoms with van der Waals surface area (Å²) in [5.41, 5.74) is 0. The molecule has 0 aromatic rings. The molecule has 4 nitrogen and oxygen atoms in total. The molecule has 0 atom stereocenters. The first-order chi connectivity index (χ1) is 2.83. The summed E-state index contributed by atoms with van der Waals surface area (Å²) >= 11 is -0.750. The molecule has 0 rings (SSSR count). The van der Waals surface area contributed by atoms with Crippen LogP contribution in [0.3, 0.4) is 0 Å². The van der Waals surface area contributed by atoms with Crippen molar-refractivity contribution in [3.63, 3.8) is 0 Å². The maximum atomic E-state index is 8.36. The molecule has 0 saturated heterocycles. The molecule has 0 heterocycles. The van der Waals surface area contributed by atoms with Gasteiger partial charge >= 0.3 is 59.1 Å². The molecule has 0 aliphatic rings. The number of rotatable bonds is 0. The minimum absolute atomic E-state index is 0. The van der Waals surface area contributed by atoms with Gasteiger partial charge in [0.15, 0.2) is 0 Å². The van der Waals surface area contributed by atoms with Crippen LogP contribution in [0.4, 0.5) is 0 Å². The topological polar surface area (TPSA) is 83.4 Å². The summed E-state index contributed by atoms with van der Waals surface area (Å²) < 4.78 is 16.6. The van der Waals surface area contributed by atoms with Crippen LogP contribution in [0.5, 0.6) is 0 Å². The van der Waals surface area contributed by atoms with Gasteiger partial charge in [-0.25, -0.2) is 0 Å². The Bertz CT molecular complexity index is 28.0. The molecule has 0 radical (unpaired) electrons. The van der Waals surface area contributed by atoms with Crippen molar-refractivity contribution in [3.05, 3.63) is 0 Å². The Morgan fingerprint density at radius 3 is 1.38 bits per heavy atom. The molecule has 0 unspecified atom stereocenters. The van der Waals surface area contributed by atoms with Gasteiger partial charge in [0.25, 0.3) is 6.47 Å². The zero-order valence-electron chi connectivity index (χ0n) is 4.66. The van der Waals surface area contributed by atoms with E-state index in [4.69, 9.17) is 19.0 Å². The summed E-state index contributed by atoms with van der Waals surface area (Å²) in [6, 6.07) is 0. The van der Waals surface area contributed by atoms with Gasteiger partial charge in [0.1, 0.15) is 0 Å². The van der Waals surface area contributed by atoms with Crippen LogP contribution in [0.1, 0.15) is 0 Å². The number of hydrogen-bond donors (Lipinski definition) is 1. The van der Waals surface area contributed by atoms with Gasteiger partial charge in [-0.2, -0.15) is 0 Å². The van der Waals surface area contributed by atoms with Crippen LogP contribution in [0.15, 0.2) is 0 Å². The summed E-state index contributed by atoms with van der Waals surface area (Å²) in [4.78, 5) is 8.36. The van der Waals surface area contributed by atoms with Crippen molar-refractivity contribution in [2.24, 2.45) is 0 Å². The molecule has 38 valence electrons. The summed E-state index contributed by atoms with van der Waals surface area (Å²) in [6.07, 6.45) is 0. The van der Waals surface area contributed by atoms with Gasteiger partial charge in [0, 0.05) is 0 Å². The van der Waals surface area contributed by atoms with Gasteiger partial charge in [-0.3, -0.25) is 4.79 Å². The van der Waals surface area contributed by atoms with Crippen molar-refractivity contribution in [2.45, 2.75) is 0 Å². The molecular weight excluding hydrogens is 154 g/mol. The van der Waals surface area contributed by atoms with Gasteiger partial charge in [0.05, 0.1) is 0 Å². The Balaban J connectivity index is -0.0000000160. The average molecular weight is 156 g/mol. The van der Waals surface area contributed by atoms with Crippen LogP contribution in [-0.4, -0.2) is 20.7 Å². The first kappa shape index (κ1) is 22.6. The third kappa shape index (κ3) is 116. The zero-order chi connectivity index (χ0) is 5.41. The molecule has 0 fully saturated rings. The number of carboxylic acid groups (broad SMARTS) is 1. The van der Waals surface area contributed by atoms with Crippen LogP contribution in [-0.2, 0) is 4.79 Å². The van der Waals surface area contributed by atoms with E-state index in [0.29, 0.717) is 0 Å². The molecule has 1 N–H and O–H groups in total. The molecule has 7 heteroatoms. The van der Waals surface area contributed by atoms with E-state index < -0.39 is 12.3 Å². The molecule has 0 aromatic heterocycles. The van der Waals surface area contributed by atoms with Crippen LogP contribution >= 0.6 is 12.3 Å². The molecule has 8 heavy (non-hydrogen) atoms. The predicted molar refractivity (Wildman–Crippen MR) is 17.8 cm³/mol. The zero-order valence-corrected chi connectivity index (χ0v) is 9.47. The quantitative estimate of drug-likeness (QED) is 0.214. The van der Waals surface area contributed by atoms with E-state index in [1.807, 2.05) is 0 Å². The second-order valence-electron chi connectivity index (χ2n) is 0.173. The minimum Gasteiger partial charge on any atom is -0.811 e. The van der Waals surface area contributed by atoms with Crippen molar-refractivity contribution in [2.75, 3.05) is 0 Å². The van der Waals surface area contributed by atoms with E-state index in [0.717, 1.165) is 0 Å². The maximum Gasteiger partial charge on any atom is 1.00 e. The second kappa shape index (κ2) is 37.4. The van der Waals surface area contributed by atoms with Gasteiger partial charge in [0.2, 0.25) is 0 Å². The maximum absolute atomic E-state index is 8.36. The Morgan fingerprint density at radius 2 is 1.38 bits per heavy atom. The van der Waals surface area contributed by atoms with Crippen molar-refractivity contribution in [3.8, 4) is 0 Å². The molecule has 0 amide bonds. The molecular formula is CH2Na2O4S. The first-order valence-electron chi connectivity index (χ1n) is 0.827. The normalized spacial score (nSPS) is 3.75. The predicted octanol–water partition coefficient (Wildman–Crippen LogP) is -6.31. The Kier molecular flexibility index (Phi) is 106. The van der Waals surface area contributed by atoms with Gasteiger partial charge in [-0.1, -0.05) is 0 Å². The van der Waals surface area contributed by atoms with Crippen molar-refractivity contribution >= 4 is 18.8 Å². The van der Waals surface area contributed by atoms with E-state index in [-0.39, 0.29) is 65.6 Å². The fourth-order valence-electron chi connectivity index (χ4n) is 0. The van der Waals surface area contributed by atoms with Crippen molar-refractivity contribution in [1.29, 1.82) is 0 Å². The Labute approximate surface area is 95.7 Å². The number of hydrogen-bond acceptors (Lipinski definition) is 4. The van der Waals surface area contributed by atoms with Crippen LogP contribution in [0.2, 0.25) is 0 Å². The van der Waals surface area contributed by atoms with Crippen LogP contribution in [0, 0.1) is 0 Å². The molecule has 0 aliphatic carbocycles. The fourth-order valence-corrected chi connectivity index (χ4v) is 0. The third-order valence-corrected chi connectivity index (χ3v) is 0. The molecule has 0 bridgehead atoms. The Morgan fingerprint density at radius 1 is 1.38 bits per heavy atom. The SMILES string of the molecule is O=CO.[Na+].[Na+].[O-]S[O-]. The second-order valence-corrected chi connectivity index (χ2v) is 0.310. The molecule has 0 aromatic carbocycles. The monoisotopic (exact) mass is 156 g/mol. The fraction of sp³-hybridized carbons (Fsp3) is 0. The summed E-state index contributed by atoms with van der Waals surface area (Å²) in [6.45, 7) is -0.250. The average Bonchev–Trinajstić information content (AvgIpc) is 1.39. The van der Waals surface area contributed by atoms with E-state index in [1.54, 1.807) is 0 Å². The third-order valence-electron chi connectivity index (χ3n) is 0. The standard InChI is InChI=1S/CH2O2.2Na.H2O2S/c2-1-3;;;1-3-2/h1H,(H,2,3);;;1-2H/q;2*+1;/p-2. The van der Waals surface area contributed by atoms with Gasteiger partial charge in [-0.15, -0.1) is 0 Å². The van der Waals surface area contributed by atoms with E-state index in [9.17, 15) is 0 Å². The van der Waals surface area contributed by atoms with Crippen LogP contribution < -0.4 is 59.1 Å². The van der Waals surface area contributed by atoms with Crippen LogP contribution in [0.25, 0.3) is 0 Å². The first-order valence-corrected chi connectivity index (χ1v) is 1.49. The molecule has 0 aliphatic heterocycles. The summed E-state index contributed by atoms with van der Waals surface area (Å²) in [7, 11) is 0. The van der Waals surface area contributed by atoms with E-state index >= 15 is 0 Å². The summed E-state index contributed by atoms with van der Waals surface area (Å²) in [5, 5.41) is 6.89. The minimum atomic E-state index is -0.750.